The third-order valence-electron chi connectivity index (χ3n) is 6.49. The van der Waals surface area contributed by atoms with Gasteiger partial charge in [0.25, 0.3) is 0 Å². The van der Waals surface area contributed by atoms with Crippen LogP contribution in [0, 0.1) is 0 Å². The average Bonchev–Trinajstić information content (AvgIpc) is 2.83. The van der Waals surface area contributed by atoms with Crippen molar-refractivity contribution in [2.75, 3.05) is 13.7 Å². The van der Waals surface area contributed by atoms with Crippen molar-refractivity contribution in [3.8, 4) is 0 Å². The van der Waals surface area contributed by atoms with Gasteiger partial charge >= 0.3 is 5.97 Å². The standard InChI is InChI=1S/C25H48O9/c1-3-4-5-6-8-11-14-18(26)19(27)15-12-9-7-10-13-16-21(28)33-17-20-22(29)23(30)24(31)25(32-2)34-20/h18-20,22-27,29-31H,3-17H2,1-2H3/t18?,19?,20?,22-,23+,24?,25+/m1/s1. The average molecular weight is 493 g/mol. The van der Waals surface area contributed by atoms with Crippen LogP contribution in [-0.4, -0.2) is 88.1 Å². The molecule has 9 nitrogen and oxygen atoms in total. The quantitative estimate of drug-likeness (QED) is 0.135. The molecular weight excluding hydrogens is 444 g/mol. The zero-order chi connectivity index (χ0) is 25.3. The Kier molecular flexibility index (Phi) is 16.9. The van der Waals surface area contributed by atoms with E-state index in [2.05, 4.69) is 6.92 Å². The van der Waals surface area contributed by atoms with Crippen LogP contribution in [0.1, 0.15) is 96.8 Å². The number of ether oxygens (including phenoxy) is 3. The van der Waals surface area contributed by atoms with Crippen LogP contribution in [-0.2, 0) is 19.0 Å². The number of hydrogen-bond acceptors (Lipinski definition) is 9. The zero-order valence-electron chi connectivity index (χ0n) is 21.0. The summed E-state index contributed by atoms with van der Waals surface area (Å²) in [6.45, 7) is 1.96. The van der Waals surface area contributed by atoms with E-state index in [1.165, 1.54) is 32.8 Å². The van der Waals surface area contributed by atoms with E-state index in [1.54, 1.807) is 0 Å². The van der Waals surface area contributed by atoms with Crippen molar-refractivity contribution in [2.24, 2.45) is 0 Å². The number of carbonyl (C=O) groups excluding carboxylic acids is 1. The van der Waals surface area contributed by atoms with Gasteiger partial charge < -0.3 is 39.7 Å². The van der Waals surface area contributed by atoms with Crippen molar-refractivity contribution in [1.29, 1.82) is 0 Å². The predicted molar refractivity (Wildman–Crippen MR) is 127 cm³/mol. The third-order valence-corrected chi connectivity index (χ3v) is 6.49. The van der Waals surface area contributed by atoms with Crippen LogP contribution in [0.3, 0.4) is 0 Å². The first-order valence-electron chi connectivity index (χ1n) is 13.1. The molecule has 0 aromatic carbocycles. The number of rotatable bonds is 19. The van der Waals surface area contributed by atoms with Crippen molar-refractivity contribution < 1.29 is 44.5 Å². The first-order chi connectivity index (χ1) is 16.3. The van der Waals surface area contributed by atoms with Crippen molar-refractivity contribution in [2.45, 2.75) is 140 Å². The summed E-state index contributed by atoms with van der Waals surface area (Å²) < 4.78 is 15.4. The Morgan fingerprint density at radius 1 is 0.794 bits per heavy atom. The Labute approximate surface area is 204 Å². The number of aliphatic hydroxyl groups excluding tert-OH is 5. The third kappa shape index (κ3) is 12.2. The van der Waals surface area contributed by atoms with E-state index in [9.17, 15) is 30.3 Å². The summed E-state index contributed by atoms with van der Waals surface area (Å²) in [6, 6.07) is 0. The summed E-state index contributed by atoms with van der Waals surface area (Å²) in [5.74, 6) is -0.418. The van der Waals surface area contributed by atoms with Gasteiger partial charge in [0.1, 0.15) is 31.0 Å². The molecule has 0 saturated carbocycles. The molecule has 4 unspecified atom stereocenters. The van der Waals surface area contributed by atoms with Gasteiger partial charge in [0.15, 0.2) is 6.29 Å². The second kappa shape index (κ2) is 18.5. The maximum Gasteiger partial charge on any atom is 0.305 e. The molecule has 0 aromatic rings. The van der Waals surface area contributed by atoms with Gasteiger partial charge in [-0.2, -0.15) is 0 Å². The molecule has 1 aliphatic heterocycles. The molecule has 1 aliphatic rings. The van der Waals surface area contributed by atoms with Crippen LogP contribution in [0.5, 0.6) is 0 Å². The molecular formula is C25H48O9. The number of unbranched alkanes of at least 4 members (excludes halogenated alkanes) is 9. The van der Waals surface area contributed by atoms with Crippen LogP contribution in [0.4, 0.5) is 0 Å². The topological polar surface area (TPSA) is 146 Å². The minimum atomic E-state index is -1.45. The summed E-state index contributed by atoms with van der Waals surface area (Å²) in [6.07, 6.45) is 5.10. The van der Waals surface area contributed by atoms with Crippen molar-refractivity contribution >= 4 is 5.97 Å². The molecule has 1 saturated heterocycles. The van der Waals surface area contributed by atoms with E-state index in [0.717, 1.165) is 38.5 Å². The lowest BCUT2D eigenvalue weighted by molar-refractivity contribution is -0.295. The maximum atomic E-state index is 11.9. The molecule has 1 heterocycles. The number of carbonyl (C=O) groups is 1. The molecule has 0 radical (unpaired) electrons. The summed E-state index contributed by atoms with van der Waals surface area (Å²) in [5, 5.41) is 49.7. The van der Waals surface area contributed by atoms with E-state index in [0.29, 0.717) is 19.3 Å². The molecule has 0 aliphatic carbocycles. The van der Waals surface area contributed by atoms with E-state index in [4.69, 9.17) is 14.2 Å². The number of methoxy groups -OCH3 is 1. The maximum absolute atomic E-state index is 11.9. The van der Waals surface area contributed by atoms with Gasteiger partial charge in [-0.15, -0.1) is 0 Å². The molecule has 0 aromatic heterocycles. The molecule has 7 atom stereocenters. The van der Waals surface area contributed by atoms with Crippen LogP contribution in [0.15, 0.2) is 0 Å². The Bertz CT molecular complexity index is 517. The highest BCUT2D eigenvalue weighted by Gasteiger charge is 2.44. The second-order valence-corrected chi connectivity index (χ2v) is 9.43. The highest BCUT2D eigenvalue weighted by Crippen LogP contribution is 2.22. The van der Waals surface area contributed by atoms with Crippen molar-refractivity contribution in [3.05, 3.63) is 0 Å². The summed E-state index contributed by atoms with van der Waals surface area (Å²) in [4.78, 5) is 11.9. The summed E-state index contributed by atoms with van der Waals surface area (Å²) in [7, 11) is 1.31. The highest BCUT2D eigenvalue weighted by molar-refractivity contribution is 5.69. The van der Waals surface area contributed by atoms with Crippen LogP contribution in [0.25, 0.3) is 0 Å². The van der Waals surface area contributed by atoms with E-state index < -0.39 is 48.9 Å². The van der Waals surface area contributed by atoms with Crippen molar-refractivity contribution in [1.82, 2.24) is 0 Å². The Morgan fingerprint density at radius 3 is 1.88 bits per heavy atom. The lowest BCUT2D eigenvalue weighted by Crippen LogP contribution is -2.59. The fourth-order valence-electron chi connectivity index (χ4n) is 4.17. The fraction of sp³-hybridized carbons (Fsp3) is 0.960. The fourth-order valence-corrected chi connectivity index (χ4v) is 4.17. The van der Waals surface area contributed by atoms with Gasteiger partial charge in [-0.25, -0.2) is 0 Å². The van der Waals surface area contributed by atoms with Gasteiger partial charge in [0, 0.05) is 13.5 Å². The van der Waals surface area contributed by atoms with Gasteiger partial charge in [-0.1, -0.05) is 71.1 Å². The molecule has 0 amide bonds. The predicted octanol–water partition coefficient (Wildman–Crippen LogP) is 2.19. The first-order valence-corrected chi connectivity index (χ1v) is 13.1. The van der Waals surface area contributed by atoms with Crippen LogP contribution >= 0.6 is 0 Å². The summed E-state index contributed by atoms with van der Waals surface area (Å²) >= 11 is 0. The van der Waals surface area contributed by atoms with Gasteiger partial charge in [-0.05, 0) is 19.3 Å². The Hall–Kier alpha value is -0.810. The number of aliphatic hydroxyl groups is 5. The molecule has 0 spiro atoms. The molecule has 1 fully saturated rings. The zero-order valence-corrected chi connectivity index (χ0v) is 21.0. The monoisotopic (exact) mass is 492 g/mol. The normalized spacial score (nSPS) is 26.9. The number of esters is 1. The first kappa shape index (κ1) is 31.2. The van der Waals surface area contributed by atoms with Gasteiger partial charge in [0.2, 0.25) is 0 Å². The van der Waals surface area contributed by atoms with E-state index in [1.807, 2.05) is 0 Å². The molecule has 34 heavy (non-hydrogen) atoms. The Balaban J connectivity index is 2.04. The lowest BCUT2D eigenvalue weighted by Gasteiger charge is -2.39. The molecule has 5 N–H and O–H groups in total. The molecule has 202 valence electrons. The minimum absolute atomic E-state index is 0.234. The van der Waals surface area contributed by atoms with Crippen molar-refractivity contribution in [3.63, 3.8) is 0 Å². The second-order valence-electron chi connectivity index (χ2n) is 9.43. The van der Waals surface area contributed by atoms with E-state index >= 15 is 0 Å². The lowest BCUT2D eigenvalue weighted by atomic mass is 9.99. The SMILES string of the molecule is CCCCCCCCC(O)C(O)CCCCCCCC(=O)OCC1O[C@H](OC)C(O)[C@@H](O)[C@@H]1O. The molecule has 1 rings (SSSR count). The number of hydrogen-bond donors (Lipinski definition) is 5. The Morgan fingerprint density at radius 2 is 1.32 bits per heavy atom. The largest absolute Gasteiger partial charge is 0.463 e. The van der Waals surface area contributed by atoms with Gasteiger partial charge in [-0.3, -0.25) is 4.79 Å². The highest BCUT2D eigenvalue weighted by atomic mass is 16.7. The van der Waals surface area contributed by atoms with Crippen LogP contribution < -0.4 is 0 Å². The van der Waals surface area contributed by atoms with E-state index in [-0.39, 0.29) is 13.0 Å². The molecule has 0 bridgehead atoms. The van der Waals surface area contributed by atoms with Crippen LogP contribution in [0.2, 0.25) is 0 Å². The minimum Gasteiger partial charge on any atom is -0.463 e. The van der Waals surface area contributed by atoms with Gasteiger partial charge in [0.05, 0.1) is 12.2 Å². The molecule has 9 heteroatoms. The summed E-state index contributed by atoms with van der Waals surface area (Å²) in [5.41, 5.74) is 0. The smallest absolute Gasteiger partial charge is 0.305 e.